The zero-order chi connectivity index (χ0) is 16.8. The zero-order valence-electron chi connectivity index (χ0n) is 12.8. The lowest BCUT2D eigenvalue weighted by atomic mass is 9.98. The summed E-state index contributed by atoms with van der Waals surface area (Å²) in [5, 5.41) is 2.38. The molecule has 1 N–H and O–H groups in total. The third-order valence-corrected chi connectivity index (χ3v) is 3.13. The largest absolute Gasteiger partial charge is 0.444 e. The molecule has 1 aromatic carbocycles. The van der Waals surface area contributed by atoms with Crippen molar-refractivity contribution in [3.63, 3.8) is 0 Å². The van der Waals surface area contributed by atoms with Gasteiger partial charge in [-0.3, -0.25) is 5.32 Å². The van der Waals surface area contributed by atoms with Crippen LogP contribution in [0, 0.1) is 0 Å². The lowest BCUT2D eigenvalue weighted by molar-refractivity contribution is -0.137. The minimum Gasteiger partial charge on any atom is -0.444 e. The predicted octanol–water partition coefficient (Wildman–Crippen LogP) is 4.30. The number of hydrogen-bond donors (Lipinski definition) is 1. The van der Waals surface area contributed by atoms with Gasteiger partial charge in [0.15, 0.2) is 0 Å². The van der Waals surface area contributed by atoms with Crippen LogP contribution in [0.3, 0.4) is 0 Å². The maximum Gasteiger partial charge on any atom is 0.416 e. The molecule has 0 aromatic heterocycles. The Morgan fingerprint density at radius 1 is 1.32 bits per heavy atom. The fourth-order valence-electron chi connectivity index (χ4n) is 1.96. The van der Waals surface area contributed by atoms with Gasteiger partial charge in [0, 0.05) is 5.56 Å². The third kappa shape index (κ3) is 3.91. The fraction of sp³-hybridized carbons (Fsp3) is 0.533. The molecule has 122 valence electrons. The number of ether oxygens (including phenoxy) is 2. The van der Waals surface area contributed by atoms with E-state index in [0.29, 0.717) is 12.2 Å². The van der Waals surface area contributed by atoms with E-state index in [9.17, 15) is 18.0 Å². The van der Waals surface area contributed by atoms with Crippen LogP contribution >= 0.6 is 0 Å². The first-order valence-corrected chi connectivity index (χ1v) is 6.76. The Bertz CT molecular complexity index is 587. The van der Waals surface area contributed by atoms with E-state index in [1.165, 1.54) is 6.07 Å². The quantitative estimate of drug-likeness (QED) is 0.828. The topological polar surface area (TPSA) is 50.9 Å². The van der Waals surface area contributed by atoms with Crippen molar-refractivity contribution < 1.29 is 27.4 Å². The molecule has 1 saturated heterocycles. The molecule has 1 heterocycles. The van der Waals surface area contributed by atoms with Crippen molar-refractivity contribution in [3.05, 3.63) is 29.3 Å². The van der Waals surface area contributed by atoms with Crippen molar-refractivity contribution >= 4 is 11.8 Å². The van der Waals surface area contributed by atoms with Crippen LogP contribution in [0.25, 0.3) is 0 Å². The number of carbonyl (C=O) groups excluding carboxylic acids is 1. The summed E-state index contributed by atoms with van der Waals surface area (Å²) in [4.78, 5) is 11.8. The molecule has 1 aliphatic rings. The van der Waals surface area contributed by atoms with Crippen LogP contribution in [0.15, 0.2) is 18.2 Å². The molecule has 1 aromatic rings. The first-order chi connectivity index (χ1) is 9.91. The summed E-state index contributed by atoms with van der Waals surface area (Å²) >= 11 is 0. The Labute approximate surface area is 126 Å². The van der Waals surface area contributed by atoms with Crippen LogP contribution < -0.4 is 5.32 Å². The molecule has 7 heteroatoms. The monoisotopic (exact) mass is 317 g/mol. The van der Waals surface area contributed by atoms with E-state index in [2.05, 4.69) is 5.32 Å². The molecular formula is C15H18F3NO3. The average molecular weight is 317 g/mol. The highest BCUT2D eigenvalue weighted by Gasteiger charge is 2.44. The highest BCUT2D eigenvalue weighted by molar-refractivity contribution is 5.86. The standard InChI is InChI=1S/C15H18F3NO3/c1-13(2,3)22-12(20)19-11-7-9(15(16,17)18)5-6-10(11)14(4)8-21-14/h5-7H,8H2,1-4H3,(H,19,20). The fourth-order valence-corrected chi connectivity index (χ4v) is 1.96. The van der Waals surface area contributed by atoms with Crippen LogP contribution in [0.5, 0.6) is 0 Å². The van der Waals surface area contributed by atoms with Crippen LogP contribution in [-0.4, -0.2) is 18.3 Å². The first kappa shape index (κ1) is 16.6. The van der Waals surface area contributed by atoms with Crippen molar-refractivity contribution in [2.45, 2.75) is 45.1 Å². The van der Waals surface area contributed by atoms with Crippen molar-refractivity contribution in [1.29, 1.82) is 0 Å². The van der Waals surface area contributed by atoms with Crippen molar-refractivity contribution in [2.24, 2.45) is 0 Å². The van der Waals surface area contributed by atoms with E-state index < -0.39 is 29.0 Å². The molecule has 0 saturated carbocycles. The highest BCUT2D eigenvalue weighted by atomic mass is 19.4. The molecule has 22 heavy (non-hydrogen) atoms. The molecule has 1 fully saturated rings. The van der Waals surface area contributed by atoms with Gasteiger partial charge < -0.3 is 9.47 Å². The van der Waals surface area contributed by atoms with E-state index in [4.69, 9.17) is 9.47 Å². The number of nitrogens with one attached hydrogen (secondary N) is 1. The van der Waals surface area contributed by atoms with Gasteiger partial charge in [0.1, 0.15) is 11.2 Å². The highest BCUT2D eigenvalue weighted by Crippen LogP contribution is 2.43. The van der Waals surface area contributed by atoms with Crippen LogP contribution in [0.1, 0.15) is 38.8 Å². The lowest BCUT2D eigenvalue weighted by Crippen LogP contribution is -2.28. The molecule has 0 spiro atoms. The Hall–Kier alpha value is -1.76. The number of alkyl halides is 3. The lowest BCUT2D eigenvalue weighted by Gasteiger charge is -2.21. The summed E-state index contributed by atoms with van der Waals surface area (Å²) in [7, 11) is 0. The van der Waals surface area contributed by atoms with Gasteiger partial charge in [-0.25, -0.2) is 4.79 Å². The maximum atomic E-state index is 12.8. The number of amides is 1. The third-order valence-electron chi connectivity index (χ3n) is 3.13. The summed E-state index contributed by atoms with van der Waals surface area (Å²) in [6.45, 7) is 7.15. The van der Waals surface area contributed by atoms with E-state index in [0.717, 1.165) is 12.1 Å². The molecule has 4 nitrogen and oxygen atoms in total. The number of rotatable bonds is 2. The first-order valence-electron chi connectivity index (χ1n) is 6.76. The van der Waals surface area contributed by atoms with Crippen molar-refractivity contribution in [3.8, 4) is 0 Å². The van der Waals surface area contributed by atoms with Gasteiger partial charge in [0.2, 0.25) is 0 Å². The summed E-state index contributed by atoms with van der Waals surface area (Å²) in [5.74, 6) is 0. The summed E-state index contributed by atoms with van der Waals surface area (Å²) in [6.07, 6.45) is -5.30. The minimum atomic E-state index is -4.49. The van der Waals surface area contributed by atoms with E-state index in [-0.39, 0.29) is 5.69 Å². The van der Waals surface area contributed by atoms with E-state index in [1.807, 2.05) is 0 Å². The molecule has 0 radical (unpaired) electrons. The summed E-state index contributed by atoms with van der Waals surface area (Å²) < 4.78 is 48.9. The number of hydrogen-bond acceptors (Lipinski definition) is 3. The van der Waals surface area contributed by atoms with Gasteiger partial charge in [-0.15, -0.1) is 0 Å². The Balaban J connectivity index is 2.32. The Morgan fingerprint density at radius 2 is 1.91 bits per heavy atom. The summed E-state index contributed by atoms with van der Waals surface area (Å²) in [5.41, 5.74) is -1.72. The predicted molar refractivity (Wildman–Crippen MR) is 74.6 cm³/mol. The minimum absolute atomic E-state index is 0.0454. The van der Waals surface area contributed by atoms with E-state index >= 15 is 0 Å². The number of epoxide rings is 1. The van der Waals surface area contributed by atoms with Crippen molar-refractivity contribution in [1.82, 2.24) is 0 Å². The molecule has 1 aliphatic heterocycles. The smallest absolute Gasteiger partial charge is 0.416 e. The van der Waals surface area contributed by atoms with Gasteiger partial charge in [-0.05, 0) is 39.8 Å². The van der Waals surface area contributed by atoms with Crippen LogP contribution in [0.2, 0.25) is 0 Å². The number of carbonyl (C=O) groups is 1. The van der Waals surface area contributed by atoms with Crippen molar-refractivity contribution in [2.75, 3.05) is 11.9 Å². The summed E-state index contributed by atoms with van der Waals surface area (Å²) in [6, 6.07) is 3.19. The number of anilines is 1. The Morgan fingerprint density at radius 3 is 2.36 bits per heavy atom. The molecular weight excluding hydrogens is 299 g/mol. The van der Waals surface area contributed by atoms with Crippen LogP contribution in [0.4, 0.5) is 23.7 Å². The average Bonchev–Trinajstić information content (AvgIpc) is 3.04. The molecule has 1 amide bonds. The molecule has 2 rings (SSSR count). The van der Waals surface area contributed by atoms with Gasteiger partial charge in [0.25, 0.3) is 0 Å². The molecule has 1 atom stereocenters. The zero-order valence-corrected chi connectivity index (χ0v) is 12.8. The maximum absolute atomic E-state index is 12.8. The van der Waals surface area contributed by atoms with Gasteiger partial charge in [0.05, 0.1) is 17.9 Å². The second-order valence-corrected chi connectivity index (χ2v) is 6.40. The van der Waals surface area contributed by atoms with E-state index in [1.54, 1.807) is 27.7 Å². The Kier molecular flexibility index (Phi) is 3.89. The number of halogens is 3. The number of benzene rings is 1. The molecule has 1 unspecified atom stereocenters. The SMILES string of the molecule is CC(C)(C)OC(=O)Nc1cc(C(F)(F)F)ccc1C1(C)CO1. The molecule has 0 bridgehead atoms. The van der Waals surface area contributed by atoms with Gasteiger partial charge in [-0.1, -0.05) is 6.07 Å². The van der Waals surface area contributed by atoms with Gasteiger partial charge >= 0.3 is 12.3 Å². The molecule has 0 aliphatic carbocycles. The second-order valence-electron chi connectivity index (χ2n) is 6.40. The van der Waals surface area contributed by atoms with Gasteiger partial charge in [-0.2, -0.15) is 13.2 Å². The normalized spacial score (nSPS) is 21.4. The second kappa shape index (κ2) is 5.15. The van der Waals surface area contributed by atoms with Crippen LogP contribution in [-0.2, 0) is 21.3 Å².